The molecule has 0 atom stereocenters. The van der Waals surface area contributed by atoms with Crippen molar-refractivity contribution < 1.29 is 0 Å². The van der Waals surface area contributed by atoms with Gasteiger partial charge in [-0.05, 0) is 23.8 Å². The highest BCUT2D eigenvalue weighted by atomic mass is 35.5. The maximum atomic E-state index is 6.17. The van der Waals surface area contributed by atoms with Gasteiger partial charge in [-0.2, -0.15) is 0 Å². The maximum Gasteiger partial charge on any atom is 0.0499 e. The zero-order valence-corrected chi connectivity index (χ0v) is 9.33. The molecule has 0 spiro atoms. The monoisotopic (exact) mass is 227 g/mol. The summed E-state index contributed by atoms with van der Waals surface area (Å²) >= 11 is 6.17. The van der Waals surface area contributed by atoms with Crippen LogP contribution in [0.1, 0.15) is 11.1 Å². The summed E-state index contributed by atoms with van der Waals surface area (Å²) in [6.45, 7) is 0. The summed E-state index contributed by atoms with van der Waals surface area (Å²) in [5.41, 5.74) is 4.38. The van der Waals surface area contributed by atoms with Crippen LogP contribution in [-0.2, 0) is 0 Å². The van der Waals surface area contributed by atoms with Gasteiger partial charge in [0.25, 0.3) is 0 Å². The van der Waals surface area contributed by atoms with Gasteiger partial charge < -0.3 is 5.32 Å². The van der Waals surface area contributed by atoms with Crippen LogP contribution in [0.15, 0.2) is 42.5 Å². The fourth-order valence-electron chi connectivity index (χ4n) is 1.89. The Kier molecular flexibility index (Phi) is 2.19. The molecule has 1 aliphatic rings. The molecule has 0 saturated carbocycles. The standard InChI is InChI=1S/C14H10ClN/c15-12-5-3-7-14-11(12)9-8-10-4-1-2-6-13(10)16-14/h1-9,16H. The van der Waals surface area contributed by atoms with Gasteiger partial charge in [0, 0.05) is 22.0 Å². The van der Waals surface area contributed by atoms with E-state index in [1.807, 2.05) is 30.3 Å². The SMILES string of the molecule is Clc1cccc2c1C=Cc1ccccc1N2. The van der Waals surface area contributed by atoms with Crippen molar-refractivity contribution in [2.24, 2.45) is 0 Å². The minimum absolute atomic E-state index is 0.772. The molecule has 0 aromatic heterocycles. The highest BCUT2D eigenvalue weighted by Gasteiger charge is 2.09. The zero-order chi connectivity index (χ0) is 11.0. The molecule has 0 aliphatic carbocycles. The number of anilines is 2. The van der Waals surface area contributed by atoms with Crippen molar-refractivity contribution in [3.05, 3.63) is 58.6 Å². The second-order valence-corrected chi connectivity index (χ2v) is 4.15. The molecule has 0 unspecified atom stereocenters. The molecule has 0 amide bonds. The highest BCUT2D eigenvalue weighted by molar-refractivity contribution is 6.32. The van der Waals surface area contributed by atoms with Gasteiger partial charge in [0.2, 0.25) is 0 Å². The van der Waals surface area contributed by atoms with E-state index in [1.54, 1.807) is 0 Å². The number of hydrogen-bond donors (Lipinski definition) is 1. The summed E-state index contributed by atoms with van der Waals surface area (Å²) in [5, 5.41) is 4.17. The summed E-state index contributed by atoms with van der Waals surface area (Å²) in [4.78, 5) is 0. The fraction of sp³-hybridized carbons (Fsp3) is 0. The van der Waals surface area contributed by atoms with Crippen molar-refractivity contribution >= 4 is 35.1 Å². The van der Waals surface area contributed by atoms with Crippen molar-refractivity contribution in [2.75, 3.05) is 5.32 Å². The molecule has 2 aromatic rings. The van der Waals surface area contributed by atoms with Crippen LogP contribution >= 0.6 is 11.6 Å². The predicted octanol–water partition coefficient (Wildman–Crippen LogP) is 4.57. The first kappa shape index (κ1) is 9.49. The van der Waals surface area contributed by atoms with Gasteiger partial charge in [-0.25, -0.2) is 0 Å². The van der Waals surface area contributed by atoms with Crippen LogP contribution in [-0.4, -0.2) is 0 Å². The molecule has 0 saturated heterocycles. The van der Waals surface area contributed by atoms with Crippen molar-refractivity contribution in [2.45, 2.75) is 0 Å². The van der Waals surface area contributed by atoms with Crippen molar-refractivity contribution in [3.8, 4) is 0 Å². The molecule has 1 aliphatic heterocycles. The number of fused-ring (bicyclic) bond motifs is 2. The van der Waals surface area contributed by atoms with Gasteiger partial charge in [0.15, 0.2) is 0 Å². The quantitative estimate of drug-likeness (QED) is 0.593. The molecule has 1 N–H and O–H groups in total. The number of hydrogen-bond acceptors (Lipinski definition) is 1. The Morgan fingerprint density at radius 1 is 0.812 bits per heavy atom. The Labute approximate surface area is 99.4 Å². The molecule has 0 fully saturated rings. The normalized spacial score (nSPS) is 12.3. The Morgan fingerprint density at radius 3 is 2.56 bits per heavy atom. The molecular formula is C14H10ClN. The molecule has 16 heavy (non-hydrogen) atoms. The first-order valence-corrected chi connectivity index (χ1v) is 5.55. The Balaban J connectivity index is 2.21. The third-order valence-electron chi connectivity index (χ3n) is 2.71. The maximum absolute atomic E-state index is 6.17. The first-order chi connectivity index (χ1) is 7.84. The lowest BCUT2D eigenvalue weighted by Crippen LogP contribution is -1.92. The van der Waals surface area contributed by atoms with Gasteiger partial charge in [0.1, 0.15) is 0 Å². The van der Waals surface area contributed by atoms with E-state index >= 15 is 0 Å². The first-order valence-electron chi connectivity index (χ1n) is 5.17. The number of halogens is 1. The van der Waals surface area contributed by atoms with E-state index in [2.05, 4.69) is 29.6 Å². The highest BCUT2D eigenvalue weighted by Crippen LogP contribution is 2.33. The van der Waals surface area contributed by atoms with Gasteiger partial charge in [-0.15, -0.1) is 0 Å². The van der Waals surface area contributed by atoms with Crippen LogP contribution in [0.2, 0.25) is 5.02 Å². The van der Waals surface area contributed by atoms with Crippen LogP contribution in [0.3, 0.4) is 0 Å². The second-order valence-electron chi connectivity index (χ2n) is 3.75. The summed E-state index contributed by atoms with van der Waals surface area (Å²) in [6.07, 6.45) is 4.14. The number of benzene rings is 2. The molecule has 3 rings (SSSR count). The van der Waals surface area contributed by atoms with E-state index < -0.39 is 0 Å². The smallest absolute Gasteiger partial charge is 0.0499 e. The van der Waals surface area contributed by atoms with E-state index in [1.165, 1.54) is 5.56 Å². The molecular weight excluding hydrogens is 218 g/mol. The number of rotatable bonds is 0. The van der Waals surface area contributed by atoms with E-state index in [0.29, 0.717) is 0 Å². The van der Waals surface area contributed by atoms with Crippen LogP contribution in [0.4, 0.5) is 11.4 Å². The molecule has 2 heteroatoms. The molecule has 0 bridgehead atoms. The van der Waals surface area contributed by atoms with E-state index in [4.69, 9.17) is 11.6 Å². The average molecular weight is 228 g/mol. The largest absolute Gasteiger partial charge is 0.355 e. The van der Waals surface area contributed by atoms with Crippen LogP contribution < -0.4 is 5.32 Å². The third kappa shape index (κ3) is 1.50. The van der Waals surface area contributed by atoms with Gasteiger partial charge in [0.05, 0.1) is 0 Å². The van der Waals surface area contributed by atoms with Gasteiger partial charge in [-0.1, -0.05) is 48.0 Å². The molecule has 1 heterocycles. The zero-order valence-electron chi connectivity index (χ0n) is 8.57. The third-order valence-corrected chi connectivity index (χ3v) is 3.04. The fourth-order valence-corrected chi connectivity index (χ4v) is 2.13. The van der Waals surface area contributed by atoms with Crippen molar-refractivity contribution in [1.29, 1.82) is 0 Å². The summed E-state index contributed by atoms with van der Waals surface area (Å²) in [5.74, 6) is 0. The van der Waals surface area contributed by atoms with E-state index in [-0.39, 0.29) is 0 Å². The van der Waals surface area contributed by atoms with Crippen LogP contribution in [0, 0.1) is 0 Å². The Morgan fingerprint density at radius 2 is 1.62 bits per heavy atom. The Bertz CT molecular complexity index is 573. The van der Waals surface area contributed by atoms with Crippen molar-refractivity contribution in [3.63, 3.8) is 0 Å². The van der Waals surface area contributed by atoms with Crippen molar-refractivity contribution in [1.82, 2.24) is 0 Å². The van der Waals surface area contributed by atoms with E-state index in [9.17, 15) is 0 Å². The lowest BCUT2D eigenvalue weighted by molar-refractivity contribution is 1.53. The molecule has 2 aromatic carbocycles. The Hall–Kier alpha value is -1.73. The lowest BCUT2D eigenvalue weighted by atomic mass is 10.1. The predicted molar refractivity (Wildman–Crippen MR) is 70.1 cm³/mol. The second kappa shape index (κ2) is 3.69. The number of nitrogens with one attached hydrogen (secondary N) is 1. The molecule has 78 valence electrons. The summed E-state index contributed by atoms with van der Waals surface area (Å²) in [6, 6.07) is 14.1. The minimum atomic E-state index is 0.772. The van der Waals surface area contributed by atoms with Gasteiger partial charge in [-0.3, -0.25) is 0 Å². The van der Waals surface area contributed by atoms with Crippen LogP contribution in [0.25, 0.3) is 12.2 Å². The molecule has 1 nitrogen and oxygen atoms in total. The number of para-hydroxylation sites is 1. The van der Waals surface area contributed by atoms with Gasteiger partial charge >= 0.3 is 0 Å². The average Bonchev–Trinajstić information content (AvgIpc) is 2.48. The van der Waals surface area contributed by atoms with E-state index in [0.717, 1.165) is 22.0 Å². The lowest BCUT2D eigenvalue weighted by Gasteiger charge is -2.09. The molecule has 0 radical (unpaired) electrons. The van der Waals surface area contributed by atoms with Crippen LogP contribution in [0.5, 0.6) is 0 Å². The minimum Gasteiger partial charge on any atom is -0.355 e. The topological polar surface area (TPSA) is 12.0 Å². The summed E-state index contributed by atoms with van der Waals surface area (Å²) < 4.78 is 0. The summed E-state index contributed by atoms with van der Waals surface area (Å²) in [7, 11) is 0.